The number of carbonyl (C=O) groups is 3. The molecule has 1 fully saturated rings. The molecule has 0 saturated carbocycles. The van der Waals surface area contributed by atoms with E-state index in [4.69, 9.17) is 9.47 Å². The summed E-state index contributed by atoms with van der Waals surface area (Å²) in [6, 6.07) is 18.3. The van der Waals surface area contributed by atoms with Gasteiger partial charge in [-0.25, -0.2) is 4.79 Å². The van der Waals surface area contributed by atoms with Crippen molar-refractivity contribution in [1.82, 2.24) is 14.7 Å². The smallest absolute Gasteiger partial charge is 0.321 e. The Hall–Kier alpha value is -4.19. The second-order valence-corrected chi connectivity index (χ2v) is 12.3. The van der Waals surface area contributed by atoms with Crippen molar-refractivity contribution in [1.29, 1.82) is 0 Å². The Morgan fingerprint density at radius 2 is 1.83 bits per heavy atom. The fourth-order valence-corrected chi connectivity index (χ4v) is 5.93. The molecule has 46 heavy (non-hydrogen) atoms. The predicted molar refractivity (Wildman–Crippen MR) is 178 cm³/mol. The standard InChI is InChI=1S/C35H45N5O6/c1-24-21-40(25(2)23-41)34(43)20-27-19-28(36-33(42)13-14-39-15-17-45-18-16-39)11-12-31(27)46-32(24)22-38(3)35(44)37-30-10-6-8-26-7-4-5-9-29(26)30/h4-12,19,24-25,32,41H,13-18,20-23H2,1-3H3,(H,36,42)(H,37,44)/t24-,25-,32+/m0/s1. The van der Waals surface area contributed by atoms with Crippen LogP contribution in [0.25, 0.3) is 10.8 Å². The van der Waals surface area contributed by atoms with E-state index in [9.17, 15) is 19.5 Å². The number of aliphatic hydroxyl groups is 1. The summed E-state index contributed by atoms with van der Waals surface area (Å²) in [6.07, 6.45) is -0.0648. The lowest BCUT2D eigenvalue weighted by molar-refractivity contribution is -0.134. The van der Waals surface area contributed by atoms with Crippen LogP contribution < -0.4 is 15.4 Å². The van der Waals surface area contributed by atoms with Crippen LogP contribution in [-0.2, 0) is 20.7 Å². The normalized spacial score (nSPS) is 19.7. The van der Waals surface area contributed by atoms with E-state index in [2.05, 4.69) is 15.5 Å². The molecule has 0 unspecified atom stereocenters. The number of amides is 4. The third kappa shape index (κ3) is 8.34. The van der Waals surface area contributed by atoms with Crippen LogP contribution in [0, 0.1) is 5.92 Å². The minimum Gasteiger partial charge on any atom is -0.488 e. The topological polar surface area (TPSA) is 124 Å². The molecule has 3 N–H and O–H groups in total. The molecule has 2 aliphatic heterocycles. The van der Waals surface area contributed by atoms with Crippen LogP contribution in [0.1, 0.15) is 25.8 Å². The minimum absolute atomic E-state index is 0.0496. The van der Waals surface area contributed by atoms with E-state index < -0.39 is 12.1 Å². The molecule has 2 heterocycles. The van der Waals surface area contributed by atoms with Crippen molar-refractivity contribution in [2.24, 2.45) is 5.92 Å². The molecule has 1 saturated heterocycles. The van der Waals surface area contributed by atoms with Crippen molar-refractivity contribution in [2.45, 2.75) is 38.8 Å². The molecule has 2 aliphatic rings. The summed E-state index contributed by atoms with van der Waals surface area (Å²) in [4.78, 5) is 45.2. The lowest BCUT2D eigenvalue weighted by Crippen LogP contribution is -2.48. The van der Waals surface area contributed by atoms with Gasteiger partial charge in [0.1, 0.15) is 11.9 Å². The van der Waals surface area contributed by atoms with Gasteiger partial charge in [0.2, 0.25) is 11.8 Å². The molecule has 11 heteroatoms. The maximum Gasteiger partial charge on any atom is 0.321 e. The van der Waals surface area contributed by atoms with Crippen molar-refractivity contribution in [3.8, 4) is 5.75 Å². The van der Waals surface area contributed by atoms with E-state index in [1.54, 1.807) is 35.0 Å². The molecule has 246 valence electrons. The zero-order valence-corrected chi connectivity index (χ0v) is 26.9. The largest absolute Gasteiger partial charge is 0.488 e. The summed E-state index contributed by atoms with van der Waals surface area (Å²) >= 11 is 0. The third-order valence-corrected chi connectivity index (χ3v) is 8.79. The van der Waals surface area contributed by atoms with E-state index in [0.29, 0.717) is 49.7 Å². The Morgan fingerprint density at radius 3 is 2.61 bits per heavy atom. The summed E-state index contributed by atoms with van der Waals surface area (Å²) in [5, 5.41) is 17.9. The first kappa shape index (κ1) is 33.2. The number of benzene rings is 3. The van der Waals surface area contributed by atoms with Gasteiger partial charge >= 0.3 is 6.03 Å². The number of aliphatic hydroxyl groups excluding tert-OH is 1. The van der Waals surface area contributed by atoms with Gasteiger partial charge in [-0.3, -0.25) is 14.5 Å². The number of morpholine rings is 1. The highest BCUT2D eigenvalue weighted by Crippen LogP contribution is 2.30. The van der Waals surface area contributed by atoms with Crippen LogP contribution in [0.5, 0.6) is 5.75 Å². The second-order valence-electron chi connectivity index (χ2n) is 12.3. The molecule has 0 aromatic heterocycles. The second kappa shape index (κ2) is 15.4. The lowest BCUT2D eigenvalue weighted by atomic mass is 10.0. The molecule has 3 aromatic carbocycles. The summed E-state index contributed by atoms with van der Waals surface area (Å²) in [7, 11) is 1.72. The maximum atomic E-state index is 13.6. The molecular formula is C35H45N5O6. The number of nitrogens with zero attached hydrogens (tertiary/aromatic N) is 3. The Kier molecular flexibility index (Phi) is 11.1. The van der Waals surface area contributed by atoms with Crippen molar-refractivity contribution in [3.63, 3.8) is 0 Å². The Balaban J connectivity index is 1.32. The monoisotopic (exact) mass is 631 g/mol. The first-order valence-electron chi connectivity index (χ1n) is 16.0. The van der Waals surface area contributed by atoms with Gasteiger partial charge in [-0.05, 0) is 36.6 Å². The quantitative estimate of drug-likeness (QED) is 0.328. The molecule has 3 atom stereocenters. The summed E-state index contributed by atoms with van der Waals surface area (Å²) in [5.74, 6) is 0.105. The van der Waals surface area contributed by atoms with Crippen LogP contribution in [0.2, 0.25) is 0 Å². The number of hydrogen-bond acceptors (Lipinski definition) is 7. The van der Waals surface area contributed by atoms with Crippen LogP contribution in [-0.4, -0.2) is 109 Å². The van der Waals surface area contributed by atoms with Crippen LogP contribution in [0.3, 0.4) is 0 Å². The molecule has 4 amide bonds. The van der Waals surface area contributed by atoms with Gasteiger partial charge in [0, 0.05) is 62.2 Å². The fourth-order valence-electron chi connectivity index (χ4n) is 5.93. The van der Waals surface area contributed by atoms with E-state index in [-0.39, 0.29) is 43.3 Å². The van der Waals surface area contributed by atoms with Gasteiger partial charge in [-0.2, -0.15) is 0 Å². The number of likely N-dealkylation sites (N-methyl/N-ethyl adjacent to an activating group) is 1. The van der Waals surface area contributed by atoms with Crippen LogP contribution in [0.15, 0.2) is 60.7 Å². The van der Waals surface area contributed by atoms with Gasteiger partial charge < -0.3 is 35.0 Å². The molecule has 0 radical (unpaired) electrons. The number of nitrogens with one attached hydrogen (secondary N) is 2. The lowest BCUT2D eigenvalue weighted by Gasteiger charge is -2.34. The van der Waals surface area contributed by atoms with E-state index in [1.165, 1.54) is 0 Å². The number of ether oxygens (including phenoxy) is 2. The van der Waals surface area contributed by atoms with E-state index in [1.807, 2.05) is 56.3 Å². The SMILES string of the molecule is C[C@H]1CN([C@@H](C)CO)C(=O)Cc2cc(NC(=O)CCN3CCOCC3)ccc2O[C@@H]1CN(C)C(=O)Nc1cccc2ccccc12. The molecule has 3 aromatic rings. The average molecular weight is 632 g/mol. The molecule has 0 bridgehead atoms. The summed E-state index contributed by atoms with van der Waals surface area (Å²) < 4.78 is 12.0. The highest BCUT2D eigenvalue weighted by atomic mass is 16.5. The van der Waals surface area contributed by atoms with Crippen molar-refractivity contribution in [2.75, 3.05) is 70.2 Å². The predicted octanol–water partition coefficient (Wildman–Crippen LogP) is 3.81. The Labute approximate surface area is 270 Å². The first-order chi connectivity index (χ1) is 22.2. The molecule has 0 aliphatic carbocycles. The Morgan fingerprint density at radius 1 is 1.07 bits per heavy atom. The van der Waals surface area contributed by atoms with Crippen molar-refractivity contribution >= 4 is 40.0 Å². The third-order valence-electron chi connectivity index (χ3n) is 8.79. The van der Waals surface area contributed by atoms with Gasteiger partial charge in [0.05, 0.1) is 44.5 Å². The number of anilines is 2. The summed E-state index contributed by atoms with van der Waals surface area (Å²) in [5.41, 5.74) is 1.93. The maximum absolute atomic E-state index is 13.6. The van der Waals surface area contributed by atoms with Gasteiger partial charge in [-0.15, -0.1) is 0 Å². The number of carbonyl (C=O) groups excluding carboxylic acids is 3. The average Bonchev–Trinajstić information content (AvgIpc) is 3.11. The Bertz CT molecular complexity index is 1520. The zero-order chi connectivity index (χ0) is 32.6. The van der Waals surface area contributed by atoms with E-state index in [0.717, 1.165) is 29.5 Å². The number of rotatable bonds is 9. The highest BCUT2D eigenvalue weighted by Gasteiger charge is 2.32. The van der Waals surface area contributed by atoms with Gasteiger partial charge in [0.15, 0.2) is 0 Å². The van der Waals surface area contributed by atoms with Gasteiger partial charge in [0.25, 0.3) is 0 Å². The van der Waals surface area contributed by atoms with Crippen LogP contribution >= 0.6 is 0 Å². The summed E-state index contributed by atoms with van der Waals surface area (Å²) in [6.45, 7) is 7.86. The molecule has 0 spiro atoms. The van der Waals surface area contributed by atoms with Crippen molar-refractivity contribution < 1.29 is 29.0 Å². The van der Waals surface area contributed by atoms with Crippen LogP contribution in [0.4, 0.5) is 16.2 Å². The number of fused-ring (bicyclic) bond motifs is 2. The van der Waals surface area contributed by atoms with Crippen molar-refractivity contribution in [3.05, 3.63) is 66.2 Å². The number of urea groups is 1. The van der Waals surface area contributed by atoms with E-state index >= 15 is 0 Å². The zero-order valence-electron chi connectivity index (χ0n) is 26.9. The molecule has 11 nitrogen and oxygen atoms in total. The molecule has 5 rings (SSSR count). The highest BCUT2D eigenvalue weighted by molar-refractivity contribution is 6.01. The molecular weight excluding hydrogens is 586 g/mol. The van der Waals surface area contributed by atoms with Gasteiger partial charge in [-0.1, -0.05) is 43.3 Å². The minimum atomic E-state index is -0.463. The first-order valence-corrected chi connectivity index (χ1v) is 16.0. The number of hydrogen-bond donors (Lipinski definition) is 3. The fraction of sp³-hybridized carbons (Fsp3) is 0.457.